The van der Waals surface area contributed by atoms with Crippen molar-refractivity contribution in [1.29, 1.82) is 0 Å². The maximum atomic E-state index is 11.1. The van der Waals surface area contributed by atoms with Gasteiger partial charge in [-0.25, -0.2) is 9.78 Å². The highest BCUT2D eigenvalue weighted by Crippen LogP contribution is 2.15. The zero-order valence-corrected chi connectivity index (χ0v) is 9.17. The van der Waals surface area contributed by atoms with Crippen molar-refractivity contribution in [2.24, 2.45) is 0 Å². The summed E-state index contributed by atoms with van der Waals surface area (Å²) in [6, 6.07) is 0. The Kier molecular flexibility index (Phi) is 4.76. The quantitative estimate of drug-likeness (QED) is 0.620. The van der Waals surface area contributed by atoms with Gasteiger partial charge in [-0.3, -0.25) is 10.1 Å². The van der Waals surface area contributed by atoms with Crippen molar-refractivity contribution >= 4 is 28.8 Å². The van der Waals surface area contributed by atoms with Gasteiger partial charge in [-0.05, 0) is 6.42 Å². The van der Waals surface area contributed by atoms with Gasteiger partial charge in [0.25, 0.3) is 0 Å². The zero-order valence-electron chi connectivity index (χ0n) is 8.36. The van der Waals surface area contributed by atoms with E-state index in [1.165, 1.54) is 6.20 Å². The second-order valence-corrected chi connectivity index (χ2v) is 3.86. The number of thiazole rings is 1. The van der Waals surface area contributed by atoms with Crippen LogP contribution in [-0.4, -0.2) is 24.0 Å². The van der Waals surface area contributed by atoms with Gasteiger partial charge in [0.15, 0.2) is 11.4 Å². The van der Waals surface area contributed by atoms with E-state index >= 15 is 0 Å². The van der Waals surface area contributed by atoms with E-state index in [0.717, 1.165) is 24.2 Å². The summed E-state index contributed by atoms with van der Waals surface area (Å²) in [5.74, 6) is 0. The Labute approximate surface area is 91.5 Å². The van der Waals surface area contributed by atoms with Crippen LogP contribution in [0.5, 0.6) is 0 Å². The summed E-state index contributed by atoms with van der Waals surface area (Å²) in [4.78, 5) is 25.8. The molecule has 0 spiro atoms. The number of ether oxygens (including phenoxy) is 1. The number of unbranched alkanes of at least 4 members (excludes halogenated alkanes) is 1. The molecule has 0 radical (unpaired) electrons. The van der Waals surface area contributed by atoms with Crippen LogP contribution in [0, 0.1) is 0 Å². The second kappa shape index (κ2) is 6.13. The third-order valence-corrected chi connectivity index (χ3v) is 2.42. The van der Waals surface area contributed by atoms with Crippen molar-refractivity contribution < 1.29 is 14.3 Å². The molecule has 1 aromatic rings. The lowest BCUT2D eigenvalue weighted by atomic mass is 10.4. The molecule has 0 atom stereocenters. The Morgan fingerprint density at radius 3 is 3.13 bits per heavy atom. The monoisotopic (exact) mass is 228 g/mol. The SMILES string of the molecule is CCCCOC(=O)Nc1ncc(C=O)s1. The van der Waals surface area contributed by atoms with Gasteiger partial charge in [0.1, 0.15) is 0 Å². The van der Waals surface area contributed by atoms with Crippen molar-refractivity contribution in [3.8, 4) is 0 Å². The van der Waals surface area contributed by atoms with Crippen LogP contribution in [0.25, 0.3) is 0 Å². The van der Waals surface area contributed by atoms with E-state index in [9.17, 15) is 9.59 Å². The first-order valence-electron chi connectivity index (χ1n) is 4.61. The summed E-state index contributed by atoms with van der Waals surface area (Å²) in [5.41, 5.74) is 0. The van der Waals surface area contributed by atoms with E-state index in [0.29, 0.717) is 22.9 Å². The van der Waals surface area contributed by atoms with Gasteiger partial charge in [0.05, 0.1) is 17.7 Å². The van der Waals surface area contributed by atoms with E-state index in [-0.39, 0.29) is 0 Å². The van der Waals surface area contributed by atoms with Crippen molar-refractivity contribution in [1.82, 2.24) is 4.98 Å². The highest BCUT2D eigenvalue weighted by molar-refractivity contribution is 7.17. The Bertz CT molecular complexity index is 338. The first kappa shape index (κ1) is 11.6. The fourth-order valence-corrected chi connectivity index (χ4v) is 1.45. The lowest BCUT2D eigenvalue weighted by Crippen LogP contribution is -2.13. The predicted molar refractivity (Wildman–Crippen MR) is 57.4 cm³/mol. The van der Waals surface area contributed by atoms with Crippen LogP contribution in [-0.2, 0) is 4.74 Å². The molecule has 1 amide bonds. The van der Waals surface area contributed by atoms with E-state index in [4.69, 9.17) is 4.74 Å². The van der Waals surface area contributed by atoms with Gasteiger partial charge in [0.2, 0.25) is 0 Å². The molecule has 1 aromatic heterocycles. The molecule has 0 fully saturated rings. The van der Waals surface area contributed by atoms with E-state index in [2.05, 4.69) is 10.3 Å². The van der Waals surface area contributed by atoms with Crippen LogP contribution < -0.4 is 5.32 Å². The summed E-state index contributed by atoms with van der Waals surface area (Å²) >= 11 is 1.11. The first-order valence-corrected chi connectivity index (χ1v) is 5.42. The van der Waals surface area contributed by atoms with Crippen LogP contribution in [0.4, 0.5) is 9.93 Å². The predicted octanol–water partition coefficient (Wildman–Crippen LogP) is 2.30. The van der Waals surface area contributed by atoms with Crippen LogP contribution in [0.1, 0.15) is 29.4 Å². The number of rotatable bonds is 5. The van der Waals surface area contributed by atoms with E-state index in [1.54, 1.807) is 0 Å². The third kappa shape index (κ3) is 4.07. The van der Waals surface area contributed by atoms with Crippen LogP contribution >= 0.6 is 11.3 Å². The lowest BCUT2D eigenvalue weighted by molar-refractivity contribution is 0.112. The number of carbonyl (C=O) groups excluding carboxylic acids is 2. The minimum Gasteiger partial charge on any atom is -0.449 e. The van der Waals surface area contributed by atoms with Crippen molar-refractivity contribution in [2.75, 3.05) is 11.9 Å². The molecule has 0 saturated heterocycles. The van der Waals surface area contributed by atoms with Gasteiger partial charge < -0.3 is 4.74 Å². The standard InChI is InChI=1S/C9H12N2O3S/c1-2-3-4-14-9(13)11-8-10-5-7(6-12)15-8/h5-6H,2-4H2,1H3,(H,10,11,13). The van der Waals surface area contributed by atoms with Gasteiger partial charge in [-0.1, -0.05) is 24.7 Å². The fourth-order valence-electron chi connectivity index (χ4n) is 0.831. The van der Waals surface area contributed by atoms with Gasteiger partial charge >= 0.3 is 6.09 Å². The number of nitrogens with one attached hydrogen (secondary N) is 1. The summed E-state index contributed by atoms with van der Waals surface area (Å²) in [5, 5.41) is 2.82. The van der Waals surface area contributed by atoms with Crippen molar-refractivity contribution in [3.63, 3.8) is 0 Å². The maximum Gasteiger partial charge on any atom is 0.413 e. The molecule has 1 N–H and O–H groups in total. The molecule has 0 saturated carbocycles. The molecule has 0 aromatic carbocycles. The molecule has 1 heterocycles. The highest BCUT2D eigenvalue weighted by atomic mass is 32.1. The van der Waals surface area contributed by atoms with Crippen molar-refractivity contribution in [3.05, 3.63) is 11.1 Å². The fraction of sp³-hybridized carbons (Fsp3) is 0.444. The van der Waals surface area contributed by atoms with Gasteiger partial charge in [-0.2, -0.15) is 0 Å². The Morgan fingerprint density at radius 1 is 1.73 bits per heavy atom. The minimum absolute atomic E-state index is 0.374. The number of amides is 1. The molecule has 0 aliphatic heterocycles. The van der Waals surface area contributed by atoms with Crippen LogP contribution in [0.3, 0.4) is 0 Å². The highest BCUT2D eigenvalue weighted by Gasteiger charge is 2.06. The van der Waals surface area contributed by atoms with Crippen molar-refractivity contribution in [2.45, 2.75) is 19.8 Å². The minimum atomic E-state index is -0.532. The average molecular weight is 228 g/mol. The largest absolute Gasteiger partial charge is 0.449 e. The number of anilines is 1. The molecule has 0 aliphatic rings. The molecule has 5 nitrogen and oxygen atoms in total. The molecular weight excluding hydrogens is 216 g/mol. The first-order chi connectivity index (χ1) is 7.26. The number of hydrogen-bond acceptors (Lipinski definition) is 5. The number of aldehydes is 1. The normalized spacial score (nSPS) is 9.67. The molecule has 82 valence electrons. The molecule has 0 bridgehead atoms. The van der Waals surface area contributed by atoms with Crippen LogP contribution in [0.2, 0.25) is 0 Å². The molecule has 15 heavy (non-hydrogen) atoms. The zero-order chi connectivity index (χ0) is 11.1. The van der Waals surface area contributed by atoms with Gasteiger partial charge in [0, 0.05) is 0 Å². The van der Waals surface area contributed by atoms with E-state index < -0.39 is 6.09 Å². The Balaban J connectivity index is 2.34. The summed E-state index contributed by atoms with van der Waals surface area (Å²) in [7, 11) is 0. The summed E-state index contributed by atoms with van der Waals surface area (Å²) in [6.07, 6.45) is 3.37. The maximum absolute atomic E-state index is 11.1. The Hall–Kier alpha value is -1.43. The number of carbonyl (C=O) groups is 2. The average Bonchev–Trinajstić information content (AvgIpc) is 2.66. The van der Waals surface area contributed by atoms with Crippen LogP contribution in [0.15, 0.2) is 6.20 Å². The smallest absolute Gasteiger partial charge is 0.413 e. The number of aromatic nitrogens is 1. The molecule has 0 aliphatic carbocycles. The molecule has 1 rings (SSSR count). The summed E-state index contributed by atoms with van der Waals surface area (Å²) in [6.45, 7) is 2.41. The van der Waals surface area contributed by atoms with Gasteiger partial charge in [-0.15, -0.1) is 0 Å². The molecular formula is C9H12N2O3S. The number of hydrogen-bond donors (Lipinski definition) is 1. The third-order valence-electron chi connectivity index (χ3n) is 1.58. The lowest BCUT2D eigenvalue weighted by Gasteiger charge is -2.02. The molecule has 0 unspecified atom stereocenters. The second-order valence-electron chi connectivity index (χ2n) is 2.80. The van der Waals surface area contributed by atoms with E-state index in [1.807, 2.05) is 6.92 Å². The topological polar surface area (TPSA) is 68.3 Å². The molecule has 6 heteroatoms. The summed E-state index contributed by atoms with van der Waals surface area (Å²) < 4.78 is 4.86. The number of nitrogens with zero attached hydrogens (tertiary/aromatic N) is 1. The Morgan fingerprint density at radius 2 is 2.53 bits per heavy atom.